The summed E-state index contributed by atoms with van der Waals surface area (Å²) in [6, 6.07) is 0. The van der Waals surface area contributed by atoms with Crippen molar-refractivity contribution in [3.63, 3.8) is 0 Å². The second-order valence-corrected chi connectivity index (χ2v) is 4.34. The molecule has 0 saturated carbocycles. The zero-order valence-corrected chi connectivity index (χ0v) is 8.52. The Morgan fingerprint density at radius 2 is 2.00 bits per heavy atom. The van der Waals surface area contributed by atoms with Crippen molar-refractivity contribution in [1.82, 2.24) is 0 Å². The third-order valence-electron chi connectivity index (χ3n) is 0.968. The van der Waals surface area contributed by atoms with Crippen LogP contribution in [0.4, 0.5) is 13.2 Å². The van der Waals surface area contributed by atoms with Crippen molar-refractivity contribution in [3.8, 4) is 0 Å². The average Bonchev–Trinajstić information content (AvgIpc) is 1.86. The monoisotopic (exact) mass is 250 g/mol. The molecular weight excluding hydrogens is 241 g/mol. The molecule has 0 spiro atoms. The van der Waals surface area contributed by atoms with Gasteiger partial charge in [-0.1, -0.05) is 22.9 Å². The lowest BCUT2D eigenvalue weighted by Crippen LogP contribution is -2.25. The zero-order valence-electron chi connectivity index (χ0n) is 6.12. The van der Waals surface area contributed by atoms with E-state index in [0.717, 1.165) is 12.2 Å². The van der Waals surface area contributed by atoms with Gasteiger partial charge in [-0.2, -0.15) is 24.9 Å². The maximum Gasteiger partial charge on any atom is 0.402 e. The van der Waals surface area contributed by atoms with E-state index < -0.39 is 11.0 Å². The second-order valence-electron chi connectivity index (χ2n) is 2.08. The van der Waals surface area contributed by atoms with Crippen LogP contribution in [0.5, 0.6) is 0 Å². The summed E-state index contributed by atoms with van der Waals surface area (Å²) in [5.74, 6) is 0.898. The molecule has 11 heavy (non-hydrogen) atoms. The van der Waals surface area contributed by atoms with Crippen LogP contribution in [-0.4, -0.2) is 22.5 Å². The molecule has 0 N–H and O–H groups in total. The molecule has 0 amide bonds. The molecule has 68 valence electrons. The van der Waals surface area contributed by atoms with E-state index in [4.69, 9.17) is 0 Å². The predicted octanol–water partition coefficient (Wildman–Crippen LogP) is 3.46. The molecule has 0 fully saturated rings. The molecule has 0 aliphatic heterocycles. The molecular formula is C6H10BrF3S. The molecule has 0 aromatic carbocycles. The number of halogens is 4. The van der Waals surface area contributed by atoms with E-state index >= 15 is 0 Å². The lowest BCUT2D eigenvalue weighted by atomic mass is 10.5. The maximum atomic E-state index is 11.8. The Morgan fingerprint density at radius 3 is 2.36 bits per heavy atom. The minimum absolute atomic E-state index is 0.108. The first-order chi connectivity index (χ1) is 4.98. The predicted molar refractivity (Wildman–Crippen MR) is 46.4 cm³/mol. The molecule has 0 aromatic rings. The van der Waals surface area contributed by atoms with E-state index in [1.807, 2.05) is 6.92 Å². The van der Waals surface area contributed by atoms with Gasteiger partial charge in [0.2, 0.25) is 0 Å². The minimum atomic E-state index is -4.10. The molecule has 0 rings (SSSR count). The highest BCUT2D eigenvalue weighted by Gasteiger charge is 2.37. The summed E-state index contributed by atoms with van der Waals surface area (Å²) in [6.45, 7) is 1.95. The first-order valence-corrected chi connectivity index (χ1v) is 5.34. The first-order valence-electron chi connectivity index (χ1n) is 3.27. The maximum absolute atomic E-state index is 11.8. The highest BCUT2D eigenvalue weighted by molar-refractivity contribution is 9.09. The molecule has 0 radical (unpaired) electrons. The van der Waals surface area contributed by atoms with Crippen LogP contribution in [0.15, 0.2) is 0 Å². The van der Waals surface area contributed by atoms with Crippen LogP contribution in [0, 0.1) is 0 Å². The van der Waals surface area contributed by atoms with Crippen LogP contribution < -0.4 is 0 Å². The summed E-state index contributed by atoms with van der Waals surface area (Å²) in [6.07, 6.45) is -3.18. The highest BCUT2D eigenvalue weighted by Crippen LogP contribution is 2.28. The normalized spacial score (nSPS) is 15.0. The van der Waals surface area contributed by atoms with E-state index in [0.29, 0.717) is 0 Å². The molecule has 0 saturated heterocycles. The number of thioether (sulfide) groups is 1. The quantitative estimate of drug-likeness (QED) is 0.544. The van der Waals surface area contributed by atoms with Gasteiger partial charge in [-0.25, -0.2) is 0 Å². The van der Waals surface area contributed by atoms with Gasteiger partial charge in [0.25, 0.3) is 0 Å². The van der Waals surface area contributed by atoms with Crippen molar-refractivity contribution in [3.05, 3.63) is 0 Å². The second kappa shape index (κ2) is 5.30. The van der Waals surface area contributed by atoms with E-state index in [1.54, 1.807) is 0 Å². The van der Waals surface area contributed by atoms with Gasteiger partial charge in [-0.05, 0) is 12.2 Å². The number of hydrogen-bond donors (Lipinski definition) is 0. The van der Waals surface area contributed by atoms with Gasteiger partial charge < -0.3 is 0 Å². The van der Waals surface area contributed by atoms with Gasteiger partial charge >= 0.3 is 6.18 Å². The van der Waals surface area contributed by atoms with Gasteiger partial charge in [0, 0.05) is 5.75 Å². The molecule has 5 heteroatoms. The van der Waals surface area contributed by atoms with Crippen molar-refractivity contribution in [1.29, 1.82) is 0 Å². The van der Waals surface area contributed by atoms with Crippen molar-refractivity contribution in [2.75, 3.05) is 11.5 Å². The Labute approximate surface area is 77.1 Å². The highest BCUT2D eigenvalue weighted by atomic mass is 79.9. The summed E-state index contributed by atoms with van der Waals surface area (Å²) >= 11 is 3.90. The summed E-state index contributed by atoms with van der Waals surface area (Å²) in [5, 5.41) is 0. The van der Waals surface area contributed by atoms with Crippen LogP contribution in [0.2, 0.25) is 0 Å². The Kier molecular flexibility index (Phi) is 5.60. The summed E-state index contributed by atoms with van der Waals surface area (Å²) < 4.78 is 35.4. The molecule has 0 heterocycles. The van der Waals surface area contributed by atoms with E-state index in [2.05, 4.69) is 15.9 Å². The fourth-order valence-corrected chi connectivity index (χ4v) is 1.84. The standard InChI is InChI=1S/C6H10BrF3S/c1-2-3-11-4-5(7)6(8,9)10/h5H,2-4H2,1H3. The molecule has 1 atom stereocenters. The lowest BCUT2D eigenvalue weighted by molar-refractivity contribution is -0.122. The van der Waals surface area contributed by atoms with Crippen molar-refractivity contribution >= 4 is 27.7 Å². The Bertz CT molecular complexity index is 104. The SMILES string of the molecule is CCCSCC(Br)C(F)(F)F. The fourth-order valence-electron chi connectivity index (χ4n) is 0.426. The fraction of sp³-hybridized carbons (Fsp3) is 1.00. The lowest BCUT2D eigenvalue weighted by Gasteiger charge is -2.12. The van der Waals surface area contributed by atoms with Gasteiger partial charge in [0.15, 0.2) is 0 Å². The largest absolute Gasteiger partial charge is 0.402 e. The molecule has 0 nitrogen and oxygen atoms in total. The molecule has 0 aliphatic rings. The summed E-state index contributed by atoms with van der Waals surface area (Å²) in [4.78, 5) is -1.36. The molecule has 1 unspecified atom stereocenters. The van der Waals surface area contributed by atoms with Crippen LogP contribution in [-0.2, 0) is 0 Å². The van der Waals surface area contributed by atoms with Gasteiger partial charge in [0.1, 0.15) is 4.83 Å². The van der Waals surface area contributed by atoms with Crippen molar-refractivity contribution < 1.29 is 13.2 Å². The average molecular weight is 251 g/mol. The van der Waals surface area contributed by atoms with Crippen LogP contribution in [0.25, 0.3) is 0 Å². The molecule has 0 aromatic heterocycles. The van der Waals surface area contributed by atoms with E-state index in [1.165, 1.54) is 11.8 Å². The number of alkyl halides is 4. The third kappa shape index (κ3) is 5.84. The van der Waals surface area contributed by atoms with Crippen LogP contribution in [0.3, 0.4) is 0 Å². The third-order valence-corrected chi connectivity index (χ3v) is 3.51. The van der Waals surface area contributed by atoms with E-state index in [-0.39, 0.29) is 5.75 Å². The van der Waals surface area contributed by atoms with Crippen LogP contribution >= 0.6 is 27.7 Å². The summed E-state index contributed by atoms with van der Waals surface area (Å²) in [7, 11) is 0. The minimum Gasteiger partial charge on any atom is -0.170 e. The number of hydrogen-bond acceptors (Lipinski definition) is 1. The number of rotatable bonds is 4. The van der Waals surface area contributed by atoms with Gasteiger partial charge in [-0.15, -0.1) is 0 Å². The van der Waals surface area contributed by atoms with E-state index in [9.17, 15) is 13.2 Å². The van der Waals surface area contributed by atoms with Crippen molar-refractivity contribution in [2.24, 2.45) is 0 Å². The molecule has 0 bridgehead atoms. The van der Waals surface area contributed by atoms with Gasteiger partial charge in [0.05, 0.1) is 0 Å². The van der Waals surface area contributed by atoms with Crippen LogP contribution in [0.1, 0.15) is 13.3 Å². The Hall–Kier alpha value is 0.620. The zero-order chi connectivity index (χ0) is 8.91. The topological polar surface area (TPSA) is 0 Å². The smallest absolute Gasteiger partial charge is 0.170 e. The van der Waals surface area contributed by atoms with Crippen molar-refractivity contribution in [2.45, 2.75) is 24.3 Å². The Balaban J connectivity index is 3.44. The Morgan fingerprint density at radius 1 is 1.45 bits per heavy atom. The summed E-state index contributed by atoms with van der Waals surface area (Å²) in [5.41, 5.74) is 0. The first kappa shape index (κ1) is 11.6. The van der Waals surface area contributed by atoms with Gasteiger partial charge in [-0.3, -0.25) is 0 Å². The molecule has 0 aliphatic carbocycles.